The van der Waals surface area contributed by atoms with Crippen LogP contribution < -0.4 is 10.6 Å². The number of carbonyl (C=O) groups excluding carboxylic acids is 2. The second kappa shape index (κ2) is 14.3. The Morgan fingerprint density at radius 1 is 0.656 bits per heavy atom. The van der Waals surface area contributed by atoms with Gasteiger partial charge < -0.3 is 10.6 Å². The molecule has 2 amide bonds. The summed E-state index contributed by atoms with van der Waals surface area (Å²) in [7, 11) is 0. The first kappa shape index (κ1) is 24.6. The summed E-state index contributed by atoms with van der Waals surface area (Å²) < 4.78 is 0. The van der Waals surface area contributed by atoms with Crippen molar-refractivity contribution in [2.24, 2.45) is 10.3 Å². The first-order chi connectivity index (χ1) is 15.6. The summed E-state index contributed by atoms with van der Waals surface area (Å²) in [5.41, 5.74) is 3.06. The highest BCUT2D eigenvalue weighted by Gasteiger charge is 2.04. The van der Waals surface area contributed by atoms with Gasteiger partial charge in [-0.15, -0.1) is 0 Å². The van der Waals surface area contributed by atoms with E-state index < -0.39 is 12.2 Å². The molecule has 0 saturated heterocycles. The number of nitrogens with zero attached hydrogens (tertiary/aromatic N) is 2. The molecule has 0 atom stereocenters. The highest BCUT2D eigenvalue weighted by Crippen LogP contribution is 2.03. The third-order valence-electron chi connectivity index (χ3n) is 4.56. The molecule has 0 saturated carbocycles. The molecule has 8 heteroatoms. The minimum atomic E-state index is -0.573. The van der Waals surface area contributed by atoms with Gasteiger partial charge in [-0.05, 0) is 37.8 Å². The summed E-state index contributed by atoms with van der Waals surface area (Å²) in [6.07, 6.45) is 2.29. The van der Waals surface area contributed by atoms with Gasteiger partial charge in [0.25, 0.3) is 0 Å². The van der Waals surface area contributed by atoms with Crippen LogP contribution in [0.1, 0.15) is 50.7 Å². The quantitative estimate of drug-likeness (QED) is 0.227. The highest BCUT2D eigenvalue weighted by atomic mass is 16.7. The lowest BCUT2D eigenvalue weighted by Crippen LogP contribution is -2.25. The molecule has 0 radical (unpaired) electrons. The molecule has 8 nitrogen and oxygen atoms in total. The highest BCUT2D eigenvalue weighted by molar-refractivity contribution is 5.99. The van der Waals surface area contributed by atoms with E-state index in [0.29, 0.717) is 24.5 Å². The van der Waals surface area contributed by atoms with Gasteiger partial charge in [-0.3, -0.25) is 9.68 Å². The van der Waals surface area contributed by atoms with Crippen LogP contribution in [-0.4, -0.2) is 36.7 Å². The molecule has 0 heterocycles. The van der Waals surface area contributed by atoms with Crippen LogP contribution in [-0.2, 0) is 9.68 Å². The zero-order valence-electron chi connectivity index (χ0n) is 18.5. The van der Waals surface area contributed by atoms with Gasteiger partial charge in [0.1, 0.15) is 0 Å². The molecule has 170 valence electrons. The summed E-state index contributed by atoms with van der Waals surface area (Å²) >= 11 is 0. The van der Waals surface area contributed by atoms with Crippen molar-refractivity contribution in [2.75, 3.05) is 13.1 Å². The standard InChI is InChI=1S/C24H30N4O4/c1-19(21-13-7-5-8-14-21)27-31-23(29)25-17-11-3-4-12-18-26-24(30)32-28-20(2)22-15-9-6-10-16-22/h5-10,13-16H,3-4,11-12,17-18H2,1-2H3,(H,25,29)(H,26,30)/b27-19+,28-20+. The van der Waals surface area contributed by atoms with Gasteiger partial charge in [0.15, 0.2) is 0 Å². The number of oxime groups is 2. The largest absolute Gasteiger partial charge is 0.433 e. The van der Waals surface area contributed by atoms with Crippen LogP contribution in [0.5, 0.6) is 0 Å². The summed E-state index contributed by atoms with van der Waals surface area (Å²) in [5, 5.41) is 13.0. The number of rotatable bonds is 11. The maximum atomic E-state index is 11.7. The van der Waals surface area contributed by atoms with Crippen LogP contribution in [0.25, 0.3) is 0 Å². The molecule has 0 spiro atoms. The van der Waals surface area contributed by atoms with Crippen LogP contribution in [0, 0.1) is 0 Å². The number of benzene rings is 2. The van der Waals surface area contributed by atoms with E-state index in [2.05, 4.69) is 20.9 Å². The molecule has 0 unspecified atom stereocenters. The Bertz CT molecular complexity index is 823. The van der Waals surface area contributed by atoms with Crippen LogP contribution in [0.15, 0.2) is 71.0 Å². The van der Waals surface area contributed by atoms with E-state index in [9.17, 15) is 9.59 Å². The molecule has 0 fully saturated rings. The minimum Gasteiger partial charge on any atom is -0.320 e. The molecule has 2 aromatic carbocycles. The van der Waals surface area contributed by atoms with Crippen molar-refractivity contribution in [2.45, 2.75) is 39.5 Å². The lowest BCUT2D eigenvalue weighted by Gasteiger charge is -2.05. The van der Waals surface area contributed by atoms with Crippen molar-refractivity contribution < 1.29 is 19.3 Å². The van der Waals surface area contributed by atoms with Crippen molar-refractivity contribution in [1.82, 2.24) is 10.6 Å². The molecule has 0 aliphatic heterocycles. The topological polar surface area (TPSA) is 101 Å². The Hall–Kier alpha value is -3.68. The third kappa shape index (κ3) is 9.88. The molecule has 2 N–H and O–H groups in total. The fourth-order valence-corrected chi connectivity index (χ4v) is 2.73. The van der Waals surface area contributed by atoms with Crippen molar-refractivity contribution >= 4 is 23.6 Å². The Morgan fingerprint density at radius 2 is 1.03 bits per heavy atom. The Labute approximate surface area is 188 Å². The number of unbranched alkanes of at least 4 members (excludes halogenated alkanes) is 3. The fourth-order valence-electron chi connectivity index (χ4n) is 2.73. The van der Waals surface area contributed by atoms with Gasteiger partial charge >= 0.3 is 12.2 Å². The zero-order chi connectivity index (χ0) is 23.0. The third-order valence-corrected chi connectivity index (χ3v) is 4.56. The van der Waals surface area contributed by atoms with Crippen LogP contribution in [0.2, 0.25) is 0 Å². The van der Waals surface area contributed by atoms with E-state index in [1.807, 2.05) is 60.7 Å². The first-order valence-corrected chi connectivity index (χ1v) is 10.7. The Kier molecular flexibility index (Phi) is 11.0. The Morgan fingerprint density at radius 3 is 1.41 bits per heavy atom. The van der Waals surface area contributed by atoms with Gasteiger partial charge in [0.2, 0.25) is 0 Å². The van der Waals surface area contributed by atoms with Gasteiger partial charge in [0.05, 0.1) is 11.4 Å². The maximum Gasteiger partial charge on any atom is 0.433 e. The predicted molar refractivity (Wildman–Crippen MR) is 125 cm³/mol. The average Bonchev–Trinajstić information content (AvgIpc) is 2.83. The predicted octanol–water partition coefficient (Wildman–Crippen LogP) is 4.85. The molecule has 32 heavy (non-hydrogen) atoms. The molecular weight excluding hydrogens is 408 g/mol. The molecular formula is C24H30N4O4. The van der Waals surface area contributed by atoms with Crippen molar-refractivity contribution in [3.63, 3.8) is 0 Å². The van der Waals surface area contributed by atoms with E-state index in [0.717, 1.165) is 36.8 Å². The lowest BCUT2D eigenvalue weighted by atomic mass is 10.1. The van der Waals surface area contributed by atoms with E-state index in [1.165, 1.54) is 0 Å². The molecule has 2 rings (SSSR count). The summed E-state index contributed by atoms with van der Waals surface area (Å²) in [5.74, 6) is 0. The van der Waals surface area contributed by atoms with E-state index in [-0.39, 0.29) is 0 Å². The number of amides is 2. The number of nitrogens with one attached hydrogen (secondary N) is 2. The van der Waals surface area contributed by atoms with Gasteiger partial charge in [0, 0.05) is 13.1 Å². The van der Waals surface area contributed by atoms with Gasteiger partial charge in [-0.2, -0.15) is 0 Å². The second-order valence-electron chi connectivity index (χ2n) is 7.11. The lowest BCUT2D eigenvalue weighted by molar-refractivity contribution is 0.149. The fraction of sp³-hybridized carbons (Fsp3) is 0.333. The monoisotopic (exact) mass is 438 g/mol. The maximum absolute atomic E-state index is 11.7. The summed E-state index contributed by atoms with van der Waals surface area (Å²) in [4.78, 5) is 33.1. The van der Waals surface area contributed by atoms with Crippen molar-refractivity contribution in [3.05, 3.63) is 71.8 Å². The molecule has 0 bridgehead atoms. The number of hydrogen-bond donors (Lipinski definition) is 2. The minimum absolute atomic E-state index is 0.502. The normalized spacial score (nSPS) is 11.6. The molecule has 0 aliphatic carbocycles. The summed E-state index contributed by atoms with van der Waals surface area (Å²) in [6, 6.07) is 19.0. The SMILES string of the molecule is C/C(=N\OC(=O)NCCCCCCNC(=O)O/N=C(\C)c1ccccc1)c1ccccc1. The summed E-state index contributed by atoms with van der Waals surface area (Å²) in [6.45, 7) is 4.57. The smallest absolute Gasteiger partial charge is 0.320 e. The zero-order valence-corrected chi connectivity index (χ0v) is 18.5. The van der Waals surface area contributed by atoms with E-state index >= 15 is 0 Å². The van der Waals surface area contributed by atoms with Crippen LogP contribution in [0.4, 0.5) is 9.59 Å². The van der Waals surface area contributed by atoms with Crippen molar-refractivity contribution in [1.29, 1.82) is 0 Å². The van der Waals surface area contributed by atoms with E-state index in [4.69, 9.17) is 9.68 Å². The van der Waals surface area contributed by atoms with Crippen molar-refractivity contribution in [3.8, 4) is 0 Å². The molecule has 0 aromatic heterocycles. The number of hydrogen-bond acceptors (Lipinski definition) is 6. The van der Waals surface area contributed by atoms with Gasteiger partial charge in [-0.1, -0.05) is 83.8 Å². The van der Waals surface area contributed by atoms with Crippen LogP contribution >= 0.6 is 0 Å². The average molecular weight is 439 g/mol. The first-order valence-electron chi connectivity index (χ1n) is 10.7. The van der Waals surface area contributed by atoms with Crippen LogP contribution in [0.3, 0.4) is 0 Å². The van der Waals surface area contributed by atoms with Gasteiger partial charge in [-0.25, -0.2) is 9.59 Å². The molecule has 0 aliphatic rings. The Balaban J connectivity index is 1.48. The number of carbonyl (C=O) groups is 2. The second-order valence-corrected chi connectivity index (χ2v) is 7.11. The van der Waals surface area contributed by atoms with E-state index in [1.54, 1.807) is 13.8 Å². The molecule has 2 aromatic rings.